The van der Waals surface area contributed by atoms with Crippen molar-refractivity contribution in [3.63, 3.8) is 0 Å². The highest BCUT2D eigenvalue weighted by Crippen LogP contribution is 2.46. The van der Waals surface area contributed by atoms with Crippen molar-refractivity contribution in [2.75, 3.05) is 11.9 Å². The van der Waals surface area contributed by atoms with Gasteiger partial charge in [0.1, 0.15) is 0 Å². The first-order valence-electron chi connectivity index (χ1n) is 6.49. The highest BCUT2D eigenvalue weighted by Gasteiger charge is 2.38. The van der Waals surface area contributed by atoms with Gasteiger partial charge in [-0.3, -0.25) is 4.79 Å². The highest BCUT2D eigenvalue weighted by atomic mass is 19.4. The van der Waals surface area contributed by atoms with Crippen LogP contribution in [-0.4, -0.2) is 19.0 Å². The lowest BCUT2D eigenvalue weighted by Gasteiger charge is -2.23. The van der Waals surface area contributed by atoms with Crippen molar-refractivity contribution in [3.05, 3.63) is 53.8 Å². The summed E-state index contributed by atoms with van der Waals surface area (Å²) in [5.74, 6) is -1.85. The second kappa shape index (κ2) is 5.06. The third kappa shape index (κ3) is 2.73. The average molecular weight is 295 g/mol. The first-order chi connectivity index (χ1) is 9.65. The Balaban J connectivity index is 2.32. The van der Waals surface area contributed by atoms with E-state index in [9.17, 15) is 18.0 Å². The highest BCUT2D eigenvalue weighted by molar-refractivity contribution is 5.94. The number of carbonyl (C=O) groups excluding carboxylic acids is 1. The van der Waals surface area contributed by atoms with Gasteiger partial charge in [0.05, 0.1) is 0 Å². The van der Waals surface area contributed by atoms with Crippen molar-refractivity contribution in [1.29, 1.82) is 0 Å². The van der Waals surface area contributed by atoms with E-state index in [1.807, 2.05) is 50.1 Å². The smallest absolute Gasteiger partial charge is 0.347 e. The molecule has 0 unspecified atom stereocenters. The van der Waals surface area contributed by atoms with Crippen LogP contribution in [-0.2, 0) is 10.2 Å². The average Bonchev–Trinajstić information content (AvgIpc) is 2.59. The van der Waals surface area contributed by atoms with Gasteiger partial charge in [0.15, 0.2) is 0 Å². The lowest BCUT2D eigenvalue weighted by molar-refractivity contribution is -0.165. The summed E-state index contributed by atoms with van der Waals surface area (Å²) in [5, 5.41) is 0. The van der Waals surface area contributed by atoms with E-state index in [-0.39, 0.29) is 5.41 Å². The summed E-state index contributed by atoms with van der Waals surface area (Å²) >= 11 is 0. The number of fused-ring (bicyclic) bond motifs is 1. The maximum Gasteiger partial charge on any atom is 0.454 e. The van der Waals surface area contributed by atoms with Crippen LogP contribution in [0.4, 0.5) is 18.9 Å². The molecule has 0 saturated heterocycles. The molecule has 1 aromatic rings. The Labute approximate surface area is 121 Å². The molecule has 0 atom stereocenters. The molecule has 0 aliphatic carbocycles. The van der Waals surface area contributed by atoms with Gasteiger partial charge in [-0.15, -0.1) is 0 Å². The summed E-state index contributed by atoms with van der Waals surface area (Å²) in [4.78, 5) is 12.8. The number of carbonyl (C=O) groups is 1. The number of para-hydroxylation sites is 1. The topological polar surface area (TPSA) is 20.3 Å². The number of nitrogens with zero attached hydrogens (tertiary/aromatic N) is 1. The summed E-state index contributed by atoms with van der Waals surface area (Å²) in [6, 6.07) is 7.80. The SMILES string of the molecule is CN1/C(=C/C=C/C(=O)C(F)(F)F)C(C)(C)c2ccccc21. The summed E-state index contributed by atoms with van der Waals surface area (Å²) in [6.45, 7) is 4.00. The molecule has 0 spiro atoms. The molecule has 0 saturated carbocycles. The minimum absolute atomic E-state index is 0.322. The molecule has 1 aliphatic rings. The van der Waals surface area contributed by atoms with Crippen molar-refractivity contribution >= 4 is 11.5 Å². The van der Waals surface area contributed by atoms with E-state index in [0.29, 0.717) is 6.08 Å². The van der Waals surface area contributed by atoms with E-state index in [1.54, 1.807) is 6.08 Å². The molecule has 5 heteroatoms. The van der Waals surface area contributed by atoms with Crippen LogP contribution in [0.25, 0.3) is 0 Å². The third-order valence-electron chi connectivity index (χ3n) is 3.72. The molecule has 1 heterocycles. The summed E-state index contributed by atoms with van der Waals surface area (Å²) in [5.41, 5.74) is 2.64. The number of rotatable bonds is 2. The van der Waals surface area contributed by atoms with Crippen LogP contribution in [0.5, 0.6) is 0 Å². The molecule has 0 bridgehead atoms. The molecular weight excluding hydrogens is 279 g/mol. The Morgan fingerprint density at radius 1 is 1.24 bits per heavy atom. The van der Waals surface area contributed by atoms with Gasteiger partial charge in [0.2, 0.25) is 0 Å². The predicted molar refractivity (Wildman–Crippen MR) is 76.2 cm³/mol. The molecule has 2 nitrogen and oxygen atoms in total. The van der Waals surface area contributed by atoms with Crippen molar-refractivity contribution < 1.29 is 18.0 Å². The van der Waals surface area contributed by atoms with Crippen molar-refractivity contribution in [2.24, 2.45) is 0 Å². The molecule has 21 heavy (non-hydrogen) atoms. The quantitative estimate of drug-likeness (QED) is 0.769. The molecule has 1 aliphatic heterocycles. The number of hydrogen-bond donors (Lipinski definition) is 0. The van der Waals surface area contributed by atoms with Gasteiger partial charge < -0.3 is 4.90 Å². The third-order valence-corrected chi connectivity index (χ3v) is 3.72. The zero-order chi connectivity index (χ0) is 15.8. The molecule has 0 aromatic heterocycles. The maximum absolute atomic E-state index is 12.2. The number of likely N-dealkylation sites (N-methyl/N-ethyl adjacent to an activating group) is 1. The zero-order valence-electron chi connectivity index (χ0n) is 12.0. The minimum atomic E-state index is -4.82. The summed E-state index contributed by atoms with van der Waals surface area (Å²) in [7, 11) is 1.86. The Morgan fingerprint density at radius 3 is 2.43 bits per heavy atom. The van der Waals surface area contributed by atoms with Gasteiger partial charge in [0, 0.05) is 23.8 Å². The lowest BCUT2D eigenvalue weighted by Crippen LogP contribution is -2.23. The van der Waals surface area contributed by atoms with Gasteiger partial charge in [-0.25, -0.2) is 0 Å². The van der Waals surface area contributed by atoms with Crippen LogP contribution in [0, 0.1) is 0 Å². The Morgan fingerprint density at radius 2 is 1.86 bits per heavy atom. The van der Waals surface area contributed by atoms with Gasteiger partial charge >= 0.3 is 6.18 Å². The van der Waals surface area contributed by atoms with Crippen molar-refractivity contribution in [2.45, 2.75) is 25.4 Å². The first-order valence-corrected chi connectivity index (χ1v) is 6.49. The van der Waals surface area contributed by atoms with Crippen LogP contribution in [0.2, 0.25) is 0 Å². The van der Waals surface area contributed by atoms with E-state index >= 15 is 0 Å². The van der Waals surface area contributed by atoms with Crippen molar-refractivity contribution in [3.8, 4) is 0 Å². The fourth-order valence-corrected chi connectivity index (χ4v) is 2.62. The number of halogens is 3. The second-order valence-corrected chi connectivity index (χ2v) is 5.47. The maximum atomic E-state index is 12.2. The molecular formula is C16H16F3NO. The summed E-state index contributed by atoms with van der Waals surface area (Å²) in [6.07, 6.45) is -1.55. The molecule has 0 fully saturated rings. The Bertz CT molecular complexity index is 627. The molecule has 2 rings (SSSR count). The summed E-state index contributed by atoms with van der Waals surface area (Å²) < 4.78 is 36.5. The molecule has 0 amide bonds. The van der Waals surface area contributed by atoms with Gasteiger partial charge in [-0.05, 0) is 23.8 Å². The van der Waals surface area contributed by atoms with E-state index in [1.165, 1.54) is 0 Å². The second-order valence-electron chi connectivity index (χ2n) is 5.47. The monoisotopic (exact) mass is 295 g/mol. The van der Waals surface area contributed by atoms with Crippen molar-refractivity contribution in [1.82, 2.24) is 0 Å². The van der Waals surface area contributed by atoms with E-state index in [0.717, 1.165) is 23.0 Å². The number of alkyl halides is 3. The normalized spacial score (nSPS) is 19.3. The predicted octanol–water partition coefficient (Wildman–Crippen LogP) is 3.99. The number of anilines is 1. The van der Waals surface area contributed by atoms with Crippen LogP contribution >= 0.6 is 0 Å². The number of benzene rings is 1. The molecule has 1 aromatic carbocycles. The Kier molecular flexibility index (Phi) is 3.70. The molecule has 0 N–H and O–H groups in total. The standard InChI is InChI=1S/C16H16F3NO/c1-15(2)11-7-4-5-8-12(11)20(3)13(15)9-6-10-14(21)16(17,18)19/h4-10H,1-3H3/b10-6+,13-9+. The largest absolute Gasteiger partial charge is 0.454 e. The minimum Gasteiger partial charge on any atom is -0.347 e. The van der Waals surface area contributed by atoms with E-state index in [4.69, 9.17) is 0 Å². The van der Waals surface area contributed by atoms with Crippen LogP contribution < -0.4 is 4.90 Å². The first kappa shape index (κ1) is 15.4. The van der Waals surface area contributed by atoms with E-state index < -0.39 is 12.0 Å². The van der Waals surface area contributed by atoms with Gasteiger partial charge in [-0.2, -0.15) is 13.2 Å². The van der Waals surface area contributed by atoms with Crippen LogP contribution in [0.1, 0.15) is 19.4 Å². The molecule has 0 radical (unpaired) electrons. The molecule has 112 valence electrons. The fourth-order valence-electron chi connectivity index (χ4n) is 2.62. The van der Waals surface area contributed by atoms with E-state index in [2.05, 4.69) is 0 Å². The lowest BCUT2D eigenvalue weighted by atomic mass is 9.84. The Hall–Kier alpha value is -2.04. The number of allylic oxidation sites excluding steroid dienone is 4. The zero-order valence-corrected chi connectivity index (χ0v) is 12.0. The van der Waals surface area contributed by atoms with Gasteiger partial charge in [-0.1, -0.05) is 38.1 Å². The fraction of sp³-hybridized carbons (Fsp3) is 0.312. The van der Waals surface area contributed by atoms with Crippen LogP contribution in [0.3, 0.4) is 0 Å². The number of hydrogen-bond acceptors (Lipinski definition) is 2. The van der Waals surface area contributed by atoms with Crippen LogP contribution in [0.15, 0.2) is 48.2 Å². The number of ketones is 1. The van der Waals surface area contributed by atoms with Gasteiger partial charge in [0.25, 0.3) is 5.78 Å².